The first-order valence-corrected chi connectivity index (χ1v) is 11.8. The molecule has 1 aromatic heterocycles. The monoisotopic (exact) mass is 485 g/mol. The van der Waals surface area contributed by atoms with E-state index < -0.39 is 17.3 Å². The molecule has 1 aromatic carbocycles. The number of nitrogens with zero attached hydrogens (tertiary/aromatic N) is 4. The van der Waals surface area contributed by atoms with E-state index in [1.54, 1.807) is 25.7 Å². The maximum absolute atomic E-state index is 12.2. The lowest BCUT2D eigenvalue weighted by Gasteiger charge is -2.36. The first-order valence-electron chi connectivity index (χ1n) is 11.1. The zero-order valence-electron chi connectivity index (χ0n) is 20.5. The molecule has 2 amide bonds. The highest BCUT2D eigenvalue weighted by Crippen LogP contribution is 2.19. The molecule has 1 N–H and O–H groups in total. The van der Waals surface area contributed by atoms with E-state index >= 15 is 0 Å². The lowest BCUT2D eigenvalue weighted by Crippen LogP contribution is -2.50. The minimum Gasteiger partial charge on any atom is -0.444 e. The van der Waals surface area contributed by atoms with Gasteiger partial charge in [-0.3, -0.25) is 5.32 Å². The number of piperazine rings is 1. The van der Waals surface area contributed by atoms with Crippen LogP contribution in [-0.2, 0) is 9.47 Å². The zero-order valence-corrected chi connectivity index (χ0v) is 21.3. The first-order chi connectivity index (χ1) is 15.9. The van der Waals surface area contributed by atoms with Gasteiger partial charge in [-0.2, -0.15) is 9.36 Å². The van der Waals surface area contributed by atoms with Crippen molar-refractivity contribution >= 4 is 34.5 Å². The molecular formula is C24H31N5O4S. The fourth-order valence-corrected chi connectivity index (χ4v) is 3.59. The summed E-state index contributed by atoms with van der Waals surface area (Å²) < 4.78 is 14.8. The molecule has 9 nitrogen and oxygen atoms in total. The largest absolute Gasteiger partial charge is 0.444 e. The van der Waals surface area contributed by atoms with Crippen LogP contribution in [0.5, 0.6) is 0 Å². The van der Waals surface area contributed by atoms with Crippen LogP contribution in [0.1, 0.15) is 52.9 Å². The van der Waals surface area contributed by atoms with Crippen LogP contribution < -0.4 is 10.2 Å². The van der Waals surface area contributed by atoms with Crippen LogP contribution in [0.4, 0.5) is 20.4 Å². The number of anilines is 2. The average molecular weight is 486 g/mol. The standard InChI is InChI=1S/C24H31N5O4S/c1-23(2,3)32-21(30)26-20-25-19(27-34-20)12-9-17-7-10-18(11-8-17)28-13-15-29(16-14-28)22(31)33-24(4,5)6/h7-8,10-11H,13-16H2,1-6H3,(H,25,26,27,30). The summed E-state index contributed by atoms with van der Waals surface area (Å²) in [4.78, 5) is 32.2. The molecule has 1 saturated heterocycles. The Kier molecular flexibility index (Phi) is 7.67. The summed E-state index contributed by atoms with van der Waals surface area (Å²) in [7, 11) is 0. The van der Waals surface area contributed by atoms with Crippen LogP contribution in [0.15, 0.2) is 24.3 Å². The van der Waals surface area contributed by atoms with Crippen LogP contribution in [0, 0.1) is 11.8 Å². The second-order valence-electron chi connectivity index (χ2n) is 9.80. The normalized spacial score (nSPS) is 14.2. The molecule has 0 aliphatic carbocycles. The number of amides is 2. The quantitative estimate of drug-likeness (QED) is 0.632. The van der Waals surface area contributed by atoms with E-state index in [0.29, 0.717) is 24.0 Å². The molecule has 2 heterocycles. The molecule has 1 aliphatic rings. The third kappa shape index (κ3) is 7.92. The third-order valence-electron chi connectivity index (χ3n) is 4.52. The number of ether oxygens (including phenoxy) is 2. The van der Waals surface area contributed by atoms with E-state index in [9.17, 15) is 9.59 Å². The van der Waals surface area contributed by atoms with E-state index in [0.717, 1.165) is 35.9 Å². The van der Waals surface area contributed by atoms with Gasteiger partial charge in [-0.25, -0.2) is 9.59 Å². The van der Waals surface area contributed by atoms with Crippen molar-refractivity contribution < 1.29 is 19.1 Å². The molecule has 2 aromatic rings. The number of carbonyl (C=O) groups excluding carboxylic acids is 2. The molecule has 3 rings (SSSR count). The van der Waals surface area contributed by atoms with Crippen LogP contribution in [0.25, 0.3) is 0 Å². The number of carbonyl (C=O) groups is 2. The molecule has 0 saturated carbocycles. The van der Waals surface area contributed by atoms with Gasteiger partial charge in [-0.15, -0.1) is 0 Å². The summed E-state index contributed by atoms with van der Waals surface area (Å²) in [5, 5.41) is 2.89. The Morgan fingerprint density at radius 1 is 0.941 bits per heavy atom. The number of benzene rings is 1. The Hall–Kier alpha value is -3.32. The van der Waals surface area contributed by atoms with Gasteiger partial charge in [0.2, 0.25) is 11.0 Å². The highest BCUT2D eigenvalue weighted by molar-refractivity contribution is 7.09. The Labute approximate surface area is 204 Å². The van der Waals surface area contributed by atoms with Gasteiger partial charge in [0.15, 0.2) is 0 Å². The highest BCUT2D eigenvalue weighted by Gasteiger charge is 2.26. The van der Waals surface area contributed by atoms with Crippen LogP contribution >= 0.6 is 11.5 Å². The number of nitrogens with one attached hydrogen (secondary N) is 1. The lowest BCUT2D eigenvalue weighted by molar-refractivity contribution is 0.0240. The summed E-state index contributed by atoms with van der Waals surface area (Å²) in [6.45, 7) is 13.7. The van der Waals surface area contributed by atoms with Gasteiger partial charge in [0, 0.05) is 49.0 Å². The molecule has 10 heteroatoms. The van der Waals surface area contributed by atoms with Gasteiger partial charge < -0.3 is 19.3 Å². The van der Waals surface area contributed by atoms with Crippen LogP contribution in [-0.4, -0.2) is 63.8 Å². The van der Waals surface area contributed by atoms with Gasteiger partial charge in [0.1, 0.15) is 11.2 Å². The molecule has 0 radical (unpaired) electrons. The molecule has 1 fully saturated rings. The van der Waals surface area contributed by atoms with E-state index in [-0.39, 0.29) is 6.09 Å². The maximum atomic E-state index is 12.2. The number of hydrogen-bond acceptors (Lipinski definition) is 8. The molecule has 182 valence electrons. The Morgan fingerprint density at radius 3 is 2.15 bits per heavy atom. The summed E-state index contributed by atoms with van der Waals surface area (Å²) in [6.07, 6.45) is -0.844. The molecular weight excluding hydrogens is 454 g/mol. The van der Waals surface area contributed by atoms with Crippen molar-refractivity contribution in [1.29, 1.82) is 0 Å². The van der Waals surface area contributed by atoms with Crippen molar-refractivity contribution in [2.75, 3.05) is 36.4 Å². The van der Waals surface area contributed by atoms with Gasteiger partial charge >= 0.3 is 12.2 Å². The minimum absolute atomic E-state index is 0.266. The van der Waals surface area contributed by atoms with Crippen molar-refractivity contribution in [2.24, 2.45) is 0 Å². The molecule has 34 heavy (non-hydrogen) atoms. The van der Waals surface area contributed by atoms with Crippen molar-refractivity contribution in [3.8, 4) is 11.8 Å². The molecule has 0 unspecified atom stereocenters. The number of rotatable bonds is 2. The summed E-state index contributed by atoms with van der Waals surface area (Å²) >= 11 is 1.05. The molecule has 0 bridgehead atoms. The fourth-order valence-electron chi connectivity index (χ4n) is 3.07. The second-order valence-corrected chi connectivity index (χ2v) is 10.6. The van der Waals surface area contributed by atoms with E-state index in [1.165, 1.54) is 0 Å². The third-order valence-corrected chi connectivity index (χ3v) is 5.15. The molecule has 0 atom stereocenters. The van der Waals surface area contributed by atoms with Crippen molar-refractivity contribution in [3.63, 3.8) is 0 Å². The predicted octanol–water partition coefficient (Wildman–Crippen LogP) is 4.34. The van der Waals surface area contributed by atoms with Crippen LogP contribution in [0.2, 0.25) is 0 Å². The van der Waals surface area contributed by atoms with E-state index in [2.05, 4.69) is 31.4 Å². The Balaban J connectivity index is 1.52. The van der Waals surface area contributed by atoms with Crippen molar-refractivity contribution in [1.82, 2.24) is 14.3 Å². The Morgan fingerprint density at radius 2 is 1.56 bits per heavy atom. The predicted molar refractivity (Wildman–Crippen MR) is 132 cm³/mol. The fraction of sp³-hybridized carbons (Fsp3) is 0.500. The summed E-state index contributed by atoms with van der Waals surface area (Å²) in [5.41, 5.74) is 0.822. The summed E-state index contributed by atoms with van der Waals surface area (Å²) in [5.74, 6) is 6.28. The second kappa shape index (κ2) is 10.3. The van der Waals surface area contributed by atoms with Gasteiger partial charge in [0.05, 0.1) is 0 Å². The smallest absolute Gasteiger partial charge is 0.414 e. The number of aromatic nitrogens is 2. The van der Waals surface area contributed by atoms with Crippen molar-refractivity contribution in [2.45, 2.75) is 52.7 Å². The van der Waals surface area contributed by atoms with Gasteiger partial charge in [0.25, 0.3) is 0 Å². The molecule has 1 aliphatic heterocycles. The van der Waals surface area contributed by atoms with Gasteiger partial charge in [-0.05, 0) is 71.7 Å². The first kappa shape index (κ1) is 25.3. The van der Waals surface area contributed by atoms with E-state index in [4.69, 9.17) is 9.47 Å². The molecule has 0 spiro atoms. The van der Waals surface area contributed by atoms with Gasteiger partial charge in [-0.1, -0.05) is 5.92 Å². The average Bonchev–Trinajstić information content (AvgIpc) is 3.17. The summed E-state index contributed by atoms with van der Waals surface area (Å²) in [6, 6.07) is 7.90. The topological polar surface area (TPSA) is 96.9 Å². The maximum Gasteiger partial charge on any atom is 0.414 e. The van der Waals surface area contributed by atoms with Crippen molar-refractivity contribution in [3.05, 3.63) is 35.7 Å². The zero-order chi connectivity index (χ0) is 24.9. The van der Waals surface area contributed by atoms with E-state index in [1.807, 2.05) is 45.0 Å². The lowest BCUT2D eigenvalue weighted by atomic mass is 10.2. The highest BCUT2D eigenvalue weighted by atomic mass is 32.1. The minimum atomic E-state index is -0.588. The van der Waals surface area contributed by atoms with Crippen LogP contribution in [0.3, 0.4) is 0 Å². The number of hydrogen-bond donors (Lipinski definition) is 1. The SMILES string of the molecule is CC(C)(C)OC(=O)Nc1nc(C#Cc2ccc(N3CCN(C(=O)OC(C)(C)C)CC3)cc2)ns1. The Bertz CT molecular complexity index is 1070.